The number of H-pyrrole nitrogens is 1. The largest absolute Gasteiger partial charge is 0.469 e. The molecule has 1 atom stereocenters. The van der Waals surface area contributed by atoms with Crippen LogP contribution >= 0.6 is 0 Å². The van der Waals surface area contributed by atoms with Crippen molar-refractivity contribution in [3.05, 3.63) is 54.1 Å². The number of aromatic nitrogens is 1. The third-order valence-corrected chi connectivity index (χ3v) is 3.95. The summed E-state index contributed by atoms with van der Waals surface area (Å²) in [4.78, 5) is 3.22. The number of rotatable bonds is 2. The Bertz CT molecular complexity index is 710. The second kappa shape index (κ2) is 4.19. The van der Waals surface area contributed by atoms with Gasteiger partial charge in [-0.25, -0.2) is 0 Å². The Morgan fingerprint density at radius 3 is 3.21 bits per heavy atom. The molecule has 96 valence electrons. The summed E-state index contributed by atoms with van der Waals surface area (Å²) >= 11 is 0. The summed E-state index contributed by atoms with van der Waals surface area (Å²) in [5, 5.41) is 4.87. The van der Waals surface area contributed by atoms with E-state index >= 15 is 0 Å². The number of hydrogen-bond donors (Lipinski definition) is 2. The van der Waals surface area contributed by atoms with Gasteiger partial charge in [-0.3, -0.25) is 0 Å². The maximum Gasteiger partial charge on any atom is 0.109 e. The predicted octanol–water partition coefficient (Wildman–Crippen LogP) is 4.25. The molecular weight excluding hydrogens is 236 g/mol. The van der Waals surface area contributed by atoms with Gasteiger partial charge >= 0.3 is 0 Å². The van der Waals surface area contributed by atoms with Gasteiger partial charge in [0.1, 0.15) is 5.76 Å². The van der Waals surface area contributed by atoms with Crippen LogP contribution < -0.4 is 5.32 Å². The summed E-state index contributed by atoms with van der Waals surface area (Å²) in [6, 6.07) is 11.0. The van der Waals surface area contributed by atoms with Crippen LogP contribution in [0.3, 0.4) is 0 Å². The molecule has 0 saturated carbocycles. The molecule has 1 aliphatic rings. The van der Waals surface area contributed by atoms with Crippen LogP contribution in [0.25, 0.3) is 10.9 Å². The Morgan fingerprint density at radius 1 is 1.21 bits per heavy atom. The Balaban J connectivity index is 1.65. The molecule has 2 N–H and O–H groups in total. The van der Waals surface area contributed by atoms with Crippen molar-refractivity contribution < 1.29 is 4.42 Å². The molecule has 0 saturated heterocycles. The third kappa shape index (κ3) is 1.82. The van der Waals surface area contributed by atoms with E-state index < -0.39 is 0 Å². The number of aromatic amines is 1. The normalized spacial score (nSPS) is 18.4. The van der Waals surface area contributed by atoms with E-state index in [0.29, 0.717) is 6.04 Å². The predicted molar refractivity (Wildman–Crippen MR) is 76.3 cm³/mol. The Morgan fingerprint density at radius 2 is 2.21 bits per heavy atom. The summed E-state index contributed by atoms with van der Waals surface area (Å²) in [6.45, 7) is 0. The van der Waals surface area contributed by atoms with Crippen molar-refractivity contribution in [3.63, 3.8) is 0 Å². The van der Waals surface area contributed by atoms with Gasteiger partial charge in [0.2, 0.25) is 0 Å². The van der Waals surface area contributed by atoms with Crippen LogP contribution in [0.5, 0.6) is 0 Å². The van der Waals surface area contributed by atoms with E-state index in [0.717, 1.165) is 18.6 Å². The standard InChI is InChI=1S/C16H16N2O/c1-2-15(13-7-9-19-16(13)3-1)18-12-4-5-14-11(10-12)6-8-17-14/h4-10,15,17-18H,1-3H2. The molecule has 3 aromatic rings. The van der Waals surface area contributed by atoms with Gasteiger partial charge < -0.3 is 14.7 Å². The molecule has 0 bridgehead atoms. The summed E-state index contributed by atoms with van der Waals surface area (Å²) in [7, 11) is 0. The average Bonchev–Trinajstić information content (AvgIpc) is 3.06. The van der Waals surface area contributed by atoms with Crippen LogP contribution in [0.1, 0.15) is 30.2 Å². The number of fused-ring (bicyclic) bond motifs is 2. The molecule has 19 heavy (non-hydrogen) atoms. The lowest BCUT2D eigenvalue weighted by atomic mass is 9.93. The van der Waals surface area contributed by atoms with Gasteiger partial charge in [-0.2, -0.15) is 0 Å². The van der Waals surface area contributed by atoms with E-state index in [-0.39, 0.29) is 0 Å². The highest BCUT2D eigenvalue weighted by Crippen LogP contribution is 2.33. The molecule has 0 aliphatic heterocycles. The molecule has 0 amide bonds. The van der Waals surface area contributed by atoms with Crippen molar-refractivity contribution in [1.82, 2.24) is 4.98 Å². The van der Waals surface area contributed by atoms with Crippen molar-refractivity contribution in [2.75, 3.05) is 5.32 Å². The molecule has 0 radical (unpaired) electrons. The topological polar surface area (TPSA) is 41.0 Å². The average molecular weight is 252 g/mol. The fourth-order valence-corrected chi connectivity index (χ4v) is 2.98. The van der Waals surface area contributed by atoms with E-state index in [4.69, 9.17) is 4.42 Å². The maximum atomic E-state index is 5.54. The molecule has 0 fully saturated rings. The zero-order valence-corrected chi connectivity index (χ0v) is 10.6. The molecule has 0 spiro atoms. The van der Waals surface area contributed by atoms with Crippen molar-refractivity contribution in [2.45, 2.75) is 25.3 Å². The van der Waals surface area contributed by atoms with E-state index in [1.165, 1.54) is 28.6 Å². The number of aryl methyl sites for hydroxylation is 1. The Labute approximate surface area is 111 Å². The SMILES string of the molecule is c1cc2cc(NC3CCCc4occc43)ccc2[nH]1. The first-order valence-electron chi connectivity index (χ1n) is 6.80. The van der Waals surface area contributed by atoms with Gasteiger partial charge in [0.15, 0.2) is 0 Å². The summed E-state index contributed by atoms with van der Waals surface area (Å²) < 4.78 is 5.54. The monoisotopic (exact) mass is 252 g/mol. The molecule has 4 rings (SSSR count). The number of nitrogens with one attached hydrogen (secondary N) is 2. The molecule has 3 heteroatoms. The van der Waals surface area contributed by atoms with Crippen LogP contribution in [0, 0.1) is 0 Å². The highest BCUT2D eigenvalue weighted by Gasteiger charge is 2.22. The quantitative estimate of drug-likeness (QED) is 0.715. The van der Waals surface area contributed by atoms with Gasteiger partial charge in [0.05, 0.1) is 12.3 Å². The second-order valence-electron chi connectivity index (χ2n) is 5.17. The third-order valence-electron chi connectivity index (χ3n) is 3.95. The molecule has 2 aromatic heterocycles. The van der Waals surface area contributed by atoms with Crippen molar-refractivity contribution in [1.29, 1.82) is 0 Å². The number of hydrogen-bond acceptors (Lipinski definition) is 2. The minimum Gasteiger partial charge on any atom is -0.469 e. The Kier molecular flexibility index (Phi) is 2.37. The van der Waals surface area contributed by atoms with Crippen molar-refractivity contribution in [3.8, 4) is 0 Å². The fraction of sp³-hybridized carbons (Fsp3) is 0.250. The molecule has 1 unspecified atom stereocenters. The lowest BCUT2D eigenvalue weighted by Crippen LogP contribution is -2.15. The van der Waals surface area contributed by atoms with E-state index in [1.807, 2.05) is 6.20 Å². The fourth-order valence-electron chi connectivity index (χ4n) is 2.98. The van der Waals surface area contributed by atoms with Gasteiger partial charge in [0, 0.05) is 34.8 Å². The first-order chi connectivity index (χ1) is 9.40. The zero-order valence-electron chi connectivity index (χ0n) is 10.6. The molecule has 3 nitrogen and oxygen atoms in total. The molecular formula is C16H16N2O. The van der Waals surface area contributed by atoms with Gasteiger partial charge in [-0.1, -0.05) is 0 Å². The lowest BCUT2D eigenvalue weighted by Gasteiger charge is -2.23. The van der Waals surface area contributed by atoms with Crippen molar-refractivity contribution in [2.24, 2.45) is 0 Å². The van der Waals surface area contributed by atoms with Gasteiger partial charge in [-0.05, 0) is 43.2 Å². The number of anilines is 1. The smallest absolute Gasteiger partial charge is 0.109 e. The minimum absolute atomic E-state index is 0.374. The first kappa shape index (κ1) is 10.7. The minimum atomic E-state index is 0.374. The Hall–Kier alpha value is -2.16. The zero-order chi connectivity index (χ0) is 12.7. The van der Waals surface area contributed by atoms with Crippen LogP contribution in [0.15, 0.2) is 47.2 Å². The van der Waals surface area contributed by atoms with Crippen LogP contribution in [-0.2, 0) is 6.42 Å². The van der Waals surface area contributed by atoms with Crippen LogP contribution in [0.4, 0.5) is 5.69 Å². The summed E-state index contributed by atoms with van der Waals surface area (Å²) in [6.07, 6.45) is 7.20. The van der Waals surface area contributed by atoms with E-state index in [1.54, 1.807) is 6.26 Å². The van der Waals surface area contributed by atoms with E-state index in [9.17, 15) is 0 Å². The lowest BCUT2D eigenvalue weighted by molar-refractivity contribution is 0.461. The highest BCUT2D eigenvalue weighted by atomic mass is 16.3. The van der Waals surface area contributed by atoms with E-state index in [2.05, 4.69) is 40.6 Å². The highest BCUT2D eigenvalue weighted by molar-refractivity contribution is 5.83. The number of benzene rings is 1. The maximum absolute atomic E-state index is 5.54. The molecule has 1 aliphatic carbocycles. The van der Waals surface area contributed by atoms with Crippen LogP contribution in [0.2, 0.25) is 0 Å². The van der Waals surface area contributed by atoms with Crippen LogP contribution in [-0.4, -0.2) is 4.98 Å². The number of furan rings is 1. The van der Waals surface area contributed by atoms with Crippen molar-refractivity contribution >= 4 is 16.6 Å². The molecule has 1 aromatic carbocycles. The first-order valence-corrected chi connectivity index (χ1v) is 6.80. The second-order valence-corrected chi connectivity index (χ2v) is 5.17. The summed E-state index contributed by atoms with van der Waals surface area (Å²) in [5.41, 5.74) is 3.67. The van der Waals surface area contributed by atoms with Gasteiger partial charge in [0.25, 0.3) is 0 Å². The van der Waals surface area contributed by atoms with Gasteiger partial charge in [-0.15, -0.1) is 0 Å². The molecule has 2 heterocycles. The summed E-state index contributed by atoms with van der Waals surface area (Å²) in [5.74, 6) is 1.14.